The van der Waals surface area contributed by atoms with E-state index in [1.807, 2.05) is 29.2 Å². The highest BCUT2D eigenvalue weighted by Crippen LogP contribution is 2.30. The Labute approximate surface area is 156 Å². The number of methoxy groups -OCH3 is 1. The van der Waals surface area contributed by atoms with Crippen molar-refractivity contribution in [3.05, 3.63) is 58.9 Å². The number of H-pyrrole nitrogens is 1. The van der Waals surface area contributed by atoms with Gasteiger partial charge in [-0.05, 0) is 43.2 Å². The van der Waals surface area contributed by atoms with E-state index in [1.54, 1.807) is 25.3 Å². The molecule has 1 amide bonds. The highest BCUT2D eigenvalue weighted by molar-refractivity contribution is 6.31. The first-order valence-corrected chi connectivity index (χ1v) is 9.11. The molecule has 1 atom stereocenters. The van der Waals surface area contributed by atoms with E-state index >= 15 is 0 Å². The summed E-state index contributed by atoms with van der Waals surface area (Å²) in [6.07, 6.45) is 1.95. The third kappa shape index (κ3) is 3.15. The Hall–Kier alpha value is -2.53. The van der Waals surface area contributed by atoms with Crippen molar-refractivity contribution in [2.75, 3.05) is 20.2 Å². The molecule has 1 N–H and O–H groups in total. The van der Waals surface area contributed by atoms with E-state index < -0.39 is 0 Å². The Kier molecular flexibility index (Phi) is 4.55. The molecule has 0 aliphatic carbocycles. The van der Waals surface area contributed by atoms with E-state index in [0.717, 1.165) is 36.2 Å². The Balaban J connectivity index is 1.58. The van der Waals surface area contributed by atoms with Gasteiger partial charge in [0.2, 0.25) is 0 Å². The lowest BCUT2D eigenvalue weighted by molar-refractivity contribution is 0.0701. The van der Waals surface area contributed by atoms with Crippen LogP contribution >= 0.6 is 11.6 Å². The summed E-state index contributed by atoms with van der Waals surface area (Å²) in [5.74, 6) is 1.64. The van der Waals surface area contributed by atoms with Crippen LogP contribution in [0.5, 0.6) is 5.75 Å². The highest BCUT2D eigenvalue weighted by Gasteiger charge is 2.28. The van der Waals surface area contributed by atoms with Gasteiger partial charge in [0.05, 0.1) is 23.7 Å². The summed E-state index contributed by atoms with van der Waals surface area (Å²) in [7, 11) is 1.56. The van der Waals surface area contributed by atoms with Crippen molar-refractivity contribution in [3.8, 4) is 5.75 Å². The lowest BCUT2D eigenvalue weighted by atomic mass is 9.96. The third-order valence-electron chi connectivity index (χ3n) is 4.89. The van der Waals surface area contributed by atoms with Gasteiger partial charge >= 0.3 is 0 Å². The topological polar surface area (TPSA) is 58.2 Å². The molecule has 1 aliphatic heterocycles. The second-order valence-corrected chi connectivity index (χ2v) is 7.01. The number of piperidine rings is 1. The maximum absolute atomic E-state index is 13.0. The fourth-order valence-corrected chi connectivity index (χ4v) is 3.74. The summed E-state index contributed by atoms with van der Waals surface area (Å²) in [5, 5.41) is 0.528. The number of carbonyl (C=O) groups excluding carboxylic acids is 1. The minimum Gasteiger partial charge on any atom is -0.496 e. The van der Waals surface area contributed by atoms with Gasteiger partial charge < -0.3 is 14.6 Å². The zero-order valence-electron chi connectivity index (χ0n) is 14.5. The van der Waals surface area contributed by atoms with E-state index in [-0.39, 0.29) is 11.8 Å². The van der Waals surface area contributed by atoms with Crippen LogP contribution in [0.25, 0.3) is 11.0 Å². The molecule has 2 aromatic carbocycles. The van der Waals surface area contributed by atoms with Gasteiger partial charge in [0, 0.05) is 24.0 Å². The maximum Gasteiger partial charge on any atom is 0.257 e. The number of nitrogens with one attached hydrogen (secondary N) is 1. The standard InChI is InChI=1S/C20H20ClN3O2/c1-26-18-9-8-14(21)11-15(18)20(25)24-10-4-5-13(12-24)19-22-16-6-2-3-7-17(16)23-19/h2-3,6-9,11,13H,4-5,10,12H2,1H3,(H,22,23). The number of fused-ring (bicyclic) bond motifs is 1. The lowest BCUT2D eigenvalue weighted by Crippen LogP contribution is -2.39. The predicted octanol–water partition coefficient (Wildman–Crippen LogP) is 4.24. The summed E-state index contributed by atoms with van der Waals surface area (Å²) < 4.78 is 5.34. The molecule has 1 aromatic heterocycles. The number of benzene rings is 2. The number of likely N-dealkylation sites (tertiary alicyclic amines) is 1. The van der Waals surface area contributed by atoms with Crippen LogP contribution in [-0.2, 0) is 0 Å². The third-order valence-corrected chi connectivity index (χ3v) is 5.13. The van der Waals surface area contributed by atoms with Gasteiger partial charge in [-0.25, -0.2) is 4.98 Å². The van der Waals surface area contributed by atoms with Crippen LogP contribution in [0.4, 0.5) is 0 Å². The SMILES string of the molecule is COc1ccc(Cl)cc1C(=O)N1CCCC(c2nc3ccccc3[nH]2)C1. The molecule has 26 heavy (non-hydrogen) atoms. The molecule has 0 radical (unpaired) electrons. The fourth-order valence-electron chi connectivity index (χ4n) is 3.57. The first-order valence-electron chi connectivity index (χ1n) is 8.73. The predicted molar refractivity (Wildman–Crippen MR) is 102 cm³/mol. The van der Waals surface area contributed by atoms with Crippen LogP contribution < -0.4 is 4.74 Å². The number of para-hydroxylation sites is 2. The van der Waals surface area contributed by atoms with Crippen molar-refractivity contribution in [2.24, 2.45) is 0 Å². The second-order valence-electron chi connectivity index (χ2n) is 6.57. The van der Waals surface area contributed by atoms with Gasteiger partial charge in [0.15, 0.2) is 0 Å². The Bertz CT molecular complexity index is 920. The van der Waals surface area contributed by atoms with Gasteiger partial charge in [-0.15, -0.1) is 0 Å². The number of rotatable bonds is 3. The van der Waals surface area contributed by atoms with Crippen LogP contribution in [0, 0.1) is 0 Å². The number of aromatic nitrogens is 2. The second kappa shape index (κ2) is 7.00. The summed E-state index contributed by atoms with van der Waals surface area (Å²) in [6, 6.07) is 13.1. The molecule has 4 rings (SSSR count). The molecule has 2 heterocycles. The number of nitrogens with zero attached hydrogens (tertiary/aromatic N) is 2. The first-order chi connectivity index (χ1) is 12.7. The van der Waals surface area contributed by atoms with Gasteiger partial charge in [-0.2, -0.15) is 0 Å². The average molecular weight is 370 g/mol. The van der Waals surface area contributed by atoms with Gasteiger partial charge in [0.1, 0.15) is 11.6 Å². The van der Waals surface area contributed by atoms with Crippen LogP contribution in [0.15, 0.2) is 42.5 Å². The number of hydrogen-bond donors (Lipinski definition) is 1. The normalized spacial score (nSPS) is 17.5. The first kappa shape index (κ1) is 16.9. The molecule has 5 nitrogen and oxygen atoms in total. The number of hydrogen-bond acceptors (Lipinski definition) is 3. The Morgan fingerprint density at radius 2 is 2.15 bits per heavy atom. The number of halogens is 1. The van der Waals surface area contributed by atoms with Gasteiger partial charge in [-0.1, -0.05) is 23.7 Å². The molecule has 0 bridgehead atoms. The minimum absolute atomic E-state index is 0.0508. The van der Waals surface area contributed by atoms with E-state index in [2.05, 4.69) is 4.98 Å². The molecular weight excluding hydrogens is 350 g/mol. The van der Waals surface area contributed by atoms with Gasteiger partial charge in [0.25, 0.3) is 5.91 Å². The molecule has 0 saturated carbocycles. The lowest BCUT2D eigenvalue weighted by Gasteiger charge is -2.32. The fraction of sp³-hybridized carbons (Fsp3) is 0.300. The van der Waals surface area contributed by atoms with Gasteiger partial charge in [-0.3, -0.25) is 4.79 Å². The van der Waals surface area contributed by atoms with Crippen molar-refractivity contribution in [1.82, 2.24) is 14.9 Å². The van der Waals surface area contributed by atoms with Crippen molar-refractivity contribution >= 4 is 28.5 Å². The Morgan fingerprint density at radius 3 is 2.96 bits per heavy atom. The quantitative estimate of drug-likeness (QED) is 0.751. The molecule has 1 fully saturated rings. The summed E-state index contributed by atoms with van der Waals surface area (Å²) in [4.78, 5) is 23.0. The molecule has 3 aromatic rings. The zero-order chi connectivity index (χ0) is 18.1. The number of aromatic amines is 1. The highest BCUT2D eigenvalue weighted by atomic mass is 35.5. The summed E-state index contributed by atoms with van der Waals surface area (Å²) in [6.45, 7) is 1.36. The summed E-state index contributed by atoms with van der Waals surface area (Å²) >= 11 is 6.09. The number of imidazole rings is 1. The Morgan fingerprint density at radius 1 is 1.31 bits per heavy atom. The van der Waals surface area contributed by atoms with Crippen molar-refractivity contribution < 1.29 is 9.53 Å². The minimum atomic E-state index is -0.0508. The molecule has 1 saturated heterocycles. The van der Waals surface area contributed by atoms with E-state index in [4.69, 9.17) is 21.3 Å². The molecule has 1 aliphatic rings. The largest absolute Gasteiger partial charge is 0.496 e. The van der Waals surface area contributed by atoms with Crippen LogP contribution in [0.2, 0.25) is 5.02 Å². The maximum atomic E-state index is 13.0. The van der Waals surface area contributed by atoms with E-state index in [1.165, 1.54) is 0 Å². The number of amides is 1. The van der Waals surface area contributed by atoms with Crippen molar-refractivity contribution in [3.63, 3.8) is 0 Å². The number of ether oxygens (including phenoxy) is 1. The van der Waals surface area contributed by atoms with E-state index in [0.29, 0.717) is 22.9 Å². The van der Waals surface area contributed by atoms with E-state index in [9.17, 15) is 4.79 Å². The molecular formula is C20H20ClN3O2. The van der Waals surface area contributed by atoms with Crippen molar-refractivity contribution in [2.45, 2.75) is 18.8 Å². The number of carbonyl (C=O) groups is 1. The van der Waals surface area contributed by atoms with Crippen LogP contribution in [-0.4, -0.2) is 41.0 Å². The van der Waals surface area contributed by atoms with Crippen molar-refractivity contribution in [1.29, 1.82) is 0 Å². The monoisotopic (exact) mass is 369 g/mol. The smallest absolute Gasteiger partial charge is 0.257 e. The van der Waals surface area contributed by atoms with Crippen LogP contribution in [0.3, 0.4) is 0 Å². The molecule has 6 heteroatoms. The zero-order valence-corrected chi connectivity index (χ0v) is 15.3. The average Bonchev–Trinajstić information content (AvgIpc) is 3.12. The molecule has 134 valence electrons. The molecule has 0 spiro atoms. The summed E-state index contributed by atoms with van der Waals surface area (Å²) in [5.41, 5.74) is 2.50. The van der Waals surface area contributed by atoms with Crippen LogP contribution in [0.1, 0.15) is 34.9 Å². The molecule has 1 unspecified atom stereocenters.